The van der Waals surface area contributed by atoms with Crippen LogP contribution in [0.2, 0.25) is 0 Å². The van der Waals surface area contributed by atoms with Gasteiger partial charge in [-0.2, -0.15) is 0 Å². The van der Waals surface area contributed by atoms with Gasteiger partial charge in [0.15, 0.2) is 29.9 Å². The molecular weight excluding hydrogens is 654 g/mol. The highest BCUT2D eigenvalue weighted by Crippen LogP contribution is 2.40. The first-order valence-electron chi connectivity index (χ1n) is 17.5. The Hall–Kier alpha value is -5.01. The first-order valence-corrected chi connectivity index (χ1v) is 17.5. The Labute approximate surface area is 297 Å². The van der Waals surface area contributed by atoms with Crippen LogP contribution in [-0.4, -0.2) is 76.5 Å². The molecule has 2 unspecified atom stereocenters. The fourth-order valence-electron chi connectivity index (χ4n) is 6.92. The van der Waals surface area contributed by atoms with Crippen molar-refractivity contribution >= 4 is 35.2 Å². The number of amides is 3. The van der Waals surface area contributed by atoms with Crippen LogP contribution in [0, 0.1) is 6.92 Å². The average Bonchev–Trinajstić information content (AvgIpc) is 3.46. The molecule has 6 rings (SSSR count). The monoisotopic (exact) mass is 699 g/mol. The molecule has 0 radical (unpaired) electrons. The summed E-state index contributed by atoms with van der Waals surface area (Å²) in [5.41, 5.74) is 3.02. The number of benzene rings is 2. The highest BCUT2D eigenvalue weighted by Gasteiger charge is 2.46. The Morgan fingerprint density at radius 3 is 2.65 bits per heavy atom. The van der Waals surface area contributed by atoms with Gasteiger partial charge in [-0.3, -0.25) is 14.4 Å². The minimum Gasteiger partial charge on any atom is -0.489 e. The van der Waals surface area contributed by atoms with Gasteiger partial charge in [0.25, 0.3) is 5.91 Å². The normalized spacial score (nSPS) is 20.1. The Balaban J connectivity index is 1.25. The molecule has 13 heteroatoms. The number of aryl methyl sites for hydroxylation is 2. The maximum Gasteiger partial charge on any atom is 0.416 e. The van der Waals surface area contributed by atoms with Crippen molar-refractivity contribution in [1.82, 2.24) is 14.5 Å². The van der Waals surface area contributed by atoms with Crippen molar-refractivity contribution in [3.63, 3.8) is 0 Å². The van der Waals surface area contributed by atoms with Crippen molar-refractivity contribution in [2.24, 2.45) is 7.05 Å². The number of carbonyl (C=O) groups excluding carboxylic acids is 4. The van der Waals surface area contributed by atoms with Crippen molar-refractivity contribution in [1.29, 1.82) is 0 Å². The minimum absolute atomic E-state index is 0.00939. The zero-order chi connectivity index (χ0) is 36.1. The molecule has 1 N–H and O–H groups in total. The molecule has 2 aromatic carbocycles. The van der Waals surface area contributed by atoms with E-state index in [-0.39, 0.29) is 49.1 Å². The number of ether oxygens (including phenoxy) is 4. The SMILES string of the molecule is C=CCOC(=O)N1c2cc(OCc3cccc(CC(=O)Nc4cn(C)c(C(C)=O)n4)c3)c(C)cc2C(=O)N2CCCC[C@H]2C1OC1CCCCO1. The van der Waals surface area contributed by atoms with E-state index in [4.69, 9.17) is 18.9 Å². The number of carbonyl (C=O) groups is 4. The summed E-state index contributed by atoms with van der Waals surface area (Å²) < 4.78 is 26.1. The smallest absolute Gasteiger partial charge is 0.416 e. The van der Waals surface area contributed by atoms with E-state index in [2.05, 4.69) is 16.9 Å². The van der Waals surface area contributed by atoms with Gasteiger partial charge in [-0.15, -0.1) is 0 Å². The quantitative estimate of drug-likeness (QED) is 0.197. The minimum atomic E-state index is -0.838. The molecule has 51 heavy (non-hydrogen) atoms. The second-order valence-corrected chi connectivity index (χ2v) is 13.2. The lowest BCUT2D eigenvalue weighted by Gasteiger charge is -2.42. The lowest BCUT2D eigenvalue weighted by molar-refractivity contribution is -0.198. The third-order valence-corrected chi connectivity index (χ3v) is 9.34. The van der Waals surface area contributed by atoms with E-state index in [9.17, 15) is 19.2 Å². The third kappa shape index (κ3) is 8.15. The number of fused-ring (bicyclic) bond motifs is 2. The van der Waals surface area contributed by atoms with Crippen LogP contribution in [0.15, 0.2) is 55.3 Å². The van der Waals surface area contributed by atoms with Crippen molar-refractivity contribution in [3.05, 3.63) is 83.3 Å². The molecule has 1 aromatic heterocycles. The number of imidazole rings is 1. The van der Waals surface area contributed by atoms with E-state index in [1.807, 2.05) is 36.1 Å². The number of Topliss-reactive ketones (excluding diaryl/α,β-unsaturated/α-hetero) is 1. The number of piperidine rings is 1. The number of aromatic nitrogens is 2. The van der Waals surface area contributed by atoms with Crippen LogP contribution in [0.3, 0.4) is 0 Å². The summed E-state index contributed by atoms with van der Waals surface area (Å²) in [5.74, 6) is 0.409. The van der Waals surface area contributed by atoms with Crippen LogP contribution in [-0.2, 0) is 39.1 Å². The number of anilines is 2. The second-order valence-electron chi connectivity index (χ2n) is 13.2. The van der Waals surface area contributed by atoms with Crippen LogP contribution in [0.25, 0.3) is 0 Å². The predicted octanol–water partition coefficient (Wildman–Crippen LogP) is 5.70. The van der Waals surface area contributed by atoms with E-state index in [0.29, 0.717) is 48.8 Å². The first-order chi connectivity index (χ1) is 24.6. The molecule has 3 aliphatic heterocycles. The summed E-state index contributed by atoms with van der Waals surface area (Å²) >= 11 is 0. The molecule has 2 fully saturated rings. The summed E-state index contributed by atoms with van der Waals surface area (Å²) in [5, 5.41) is 2.75. The summed E-state index contributed by atoms with van der Waals surface area (Å²) in [4.78, 5) is 60.1. The van der Waals surface area contributed by atoms with Crippen molar-refractivity contribution < 1.29 is 38.1 Å². The van der Waals surface area contributed by atoms with Gasteiger partial charge in [0.1, 0.15) is 19.0 Å². The van der Waals surface area contributed by atoms with Crippen molar-refractivity contribution in [3.8, 4) is 5.75 Å². The fraction of sp³-hybridized carbons (Fsp3) is 0.447. The molecule has 3 atom stereocenters. The van der Waals surface area contributed by atoms with Gasteiger partial charge in [-0.25, -0.2) is 14.7 Å². The fourth-order valence-corrected chi connectivity index (χ4v) is 6.92. The Morgan fingerprint density at radius 1 is 1.10 bits per heavy atom. The van der Waals surface area contributed by atoms with E-state index in [1.165, 1.54) is 17.9 Å². The van der Waals surface area contributed by atoms with Gasteiger partial charge >= 0.3 is 6.09 Å². The summed E-state index contributed by atoms with van der Waals surface area (Å²) in [6.45, 7) is 8.25. The molecule has 3 aliphatic rings. The number of nitrogens with zero attached hydrogens (tertiary/aromatic N) is 4. The Morgan fingerprint density at radius 2 is 1.90 bits per heavy atom. The van der Waals surface area contributed by atoms with E-state index in [0.717, 1.165) is 42.4 Å². The zero-order valence-corrected chi connectivity index (χ0v) is 29.4. The topological polar surface area (TPSA) is 142 Å². The van der Waals surface area contributed by atoms with Gasteiger partial charge in [0, 0.05) is 39.4 Å². The summed E-state index contributed by atoms with van der Waals surface area (Å²) in [6.07, 6.45) is 6.16. The molecule has 0 bridgehead atoms. The Kier molecular flexibility index (Phi) is 11.2. The van der Waals surface area contributed by atoms with Crippen molar-refractivity contribution in [2.75, 3.05) is 30.0 Å². The maximum atomic E-state index is 14.2. The van der Waals surface area contributed by atoms with Crippen molar-refractivity contribution in [2.45, 2.75) is 84.0 Å². The highest BCUT2D eigenvalue weighted by atomic mass is 16.7. The van der Waals surface area contributed by atoms with Crippen LogP contribution in [0.1, 0.15) is 83.1 Å². The maximum absolute atomic E-state index is 14.2. The molecule has 2 saturated heterocycles. The summed E-state index contributed by atoms with van der Waals surface area (Å²) in [6, 6.07) is 10.6. The highest BCUT2D eigenvalue weighted by molar-refractivity contribution is 6.05. The lowest BCUT2D eigenvalue weighted by atomic mass is 10.00. The van der Waals surface area contributed by atoms with Gasteiger partial charge in [-0.05, 0) is 68.2 Å². The zero-order valence-electron chi connectivity index (χ0n) is 29.4. The average molecular weight is 700 g/mol. The Bertz CT molecular complexity index is 1800. The molecule has 0 saturated carbocycles. The van der Waals surface area contributed by atoms with Gasteiger partial charge in [0.05, 0.1) is 23.7 Å². The van der Waals surface area contributed by atoms with E-state index < -0.39 is 18.6 Å². The van der Waals surface area contributed by atoms with E-state index in [1.54, 1.807) is 29.9 Å². The van der Waals surface area contributed by atoms with Crippen LogP contribution >= 0.6 is 0 Å². The molecule has 13 nitrogen and oxygen atoms in total. The van der Waals surface area contributed by atoms with Crippen LogP contribution in [0.5, 0.6) is 5.75 Å². The number of hydrogen-bond acceptors (Lipinski definition) is 9. The number of rotatable bonds is 11. The molecule has 3 amide bonds. The third-order valence-electron chi connectivity index (χ3n) is 9.34. The standard InChI is InChI=1S/C38H45N5O8/c1-5-16-49-38(47)43-30-21-31(50-23-27-12-10-11-26(19-27)20-33(45)39-32-22-41(4)35(40-32)25(3)44)24(2)18-28(30)36(46)42-15-8-6-13-29(42)37(43)51-34-14-7-9-17-48-34/h5,10-12,18-19,21-22,29,34,37H,1,6-9,13-17,20,23H2,2-4H3,(H,39,45)/t29-,34?,37?/m0/s1. The molecule has 3 aromatic rings. The molecule has 0 aliphatic carbocycles. The summed E-state index contributed by atoms with van der Waals surface area (Å²) in [7, 11) is 1.70. The molecular formula is C38H45N5O8. The van der Waals surface area contributed by atoms with Gasteiger partial charge in [-0.1, -0.05) is 36.9 Å². The largest absolute Gasteiger partial charge is 0.489 e. The number of hydrogen-bond donors (Lipinski definition) is 1. The van der Waals surface area contributed by atoms with Gasteiger partial charge < -0.3 is 33.7 Å². The molecule has 270 valence electrons. The van der Waals surface area contributed by atoms with Crippen LogP contribution in [0.4, 0.5) is 16.3 Å². The lowest BCUT2D eigenvalue weighted by Crippen LogP contribution is -2.57. The molecule has 0 spiro atoms. The van der Waals surface area contributed by atoms with Gasteiger partial charge in [0.2, 0.25) is 5.91 Å². The number of ketones is 1. The second kappa shape index (κ2) is 15.9. The predicted molar refractivity (Wildman–Crippen MR) is 189 cm³/mol. The molecule has 4 heterocycles. The van der Waals surface area contributed by atoms with Crippen LogP contribution < -0.4 is 15.0 Å². The first kappa shape index (κ1) is 35.8. The number of nitrogens with one attached hydrogen (secondary N) is 1. The van der Waals surface area contributed by atoms with E-state index >= 15 is 0 Å².